The Bertz CT molecular complexity index is 883. The van der Waals surface area contributed by atoms with Crippen LogP contribution in [0.15, 0.2) is 36.4 Å². The van der Waals surface area contributed by atoms with Crippen LogP contribution in [-0.4, -0.2) is 29.9 Å². The summed E-state index contributed by atoms with van der Waals surface area (Å²) < 4.78 is 0. The summed E-state index contributed by atoms with van der Waals surface area (Å²) in [4.78, 5) is 24.6. The van der Waals surface area contributed by atoms with Gasteiger partial charge in [-0.3, -0.25) is 9.59 Å². The number of hydrogen-bond acceptors (Lipinski definition) is 4. The van der Waals surface area contributed by atoms with E-state index in [2.05, 4.69) is 22.8 Å². The first-order chi connectivity index (χ1) is 13.1. The Balaban J connectivity index is 0.00000225. The number of hydrogen-bond donors (Lipinski definition) is 3. The lowest BCUT2D eigenvalue weighted by atomic mass is 9.78. The zero-order valence-corrected chi connectivity index (χ0v) is 16.5. The van der Waals surface area contributed by atoms with E-state index < -0.39 is 0 Å². The van der Waals surface area contributed by atoms with Gasteiger partial charge < -0.3 is 15.7 Å². The van der Waals surface area contributed by atoms with Gasteiger partial charge in [0.25, 0.3) is 0 Å². The Labute approximate surface area is 170 Å². The van der Waals surface area contributed by atoms with Crippen molar-refractivity contribution < 1.29 is 14.7 Å². The summed E-state index contributed by atoms with van der Waals surface area (Å²) in [5.74, 6) is -0.0504. The van der Waals surface area contributed by atoms with Crippen LogP contribution in [0, 0.1) is 5.92 Å². The number of nitrogens with one attached hydrogen (secondary N) is 2. The summed E-state index contributed by atoms with van der Waals surface area (Å²) in [5.41, 5.74) is 4.35. The molecule has 6 heteroatoms. The molecule has 2 aliphatic rings. The average Bonchev–Trinajstić information content (AvgIpc) is 2.68. The Morgan fingerprint density at radius 3 is 2.64 bits per heavy atom. The maximum absolute atomic E-state index is 12.9. The van der Waals surface area contributed by atoms with Crippen LogP contribution >= 0.6 is 12.4 Å². The van der Waals surface area contributed by atoms with Crippen molar-refractivity contribution in [3.63, 3.8) is 0 Å². The van der Waals surface area contributed by atoms with E-state index in [4.69, 9.17) is 0 Å². The molecule has 0 saturated heterocycles. The van der Waals surface area contributed by atoms with E-state index in [1.165, 1.54) is 11.6 Å². The van der Waals surface area contributed by atoms with Crippen LogP contribution in [0.5, 0.6) is 5.75 Å². The molecule has 0 saturated carbocycles. The highest BCUT2D eigenvalue weighted by atomic mass is 35.5. The number of halogens is 1. The van der Waals surface area contributed by atoms with Gasteiger partial charge >= 0.3 is 0 Å². The summed E-state index contributed by atoms with van der Waals surface area (Å²) in [7, 11) is 0. The van der Waals surface area contributed by atoms with Gasteiger partial charge in [-0.1, -0.05) is 30.3 Å². The molecule has 28 heavy (non-hydrogen) atoms. The number of phenols is 1. The second-order valence-corrected chi connectivity index (χ2v) is 7.36. The smallest absolute Gasteiger partial charge is 0.224 e. The molecule has 1 aliphatic heterocycles. The van der Waals surface area contributed by atoms with Crippen LogP contribution in [-0.2, 0) is 24.1 Å². The third kappa shape index (κ3) is 4.05. The van der Waals surface area contributed by atoms with Crippen molar-refractivity contribution >= 4 is 29.8 Å². The lowest BCUT2D eigenvalue weighted by Crippen LogP contribution is -2.34. The maximum Gasteiger partial charge on any atom is 0.224 e. The van der Waals surface area contributed by atoms with E-state index in [1.807, 2.05) is 18.2 Å². The molecule has 0 aromatic heterocycles. The number of carbonyl (C=O) groups excluding carboxylic acids is 2. The molecule has 2 aromatic carbocycles. The van der Waals surface area contributed by atoms with Crippen LogP contribution in [0.25, 0.3) is 0 Å². The van der Waals surface area contributed by atoms with Crippen molar-refractivity contribution in [2.75, 3.05) is 18.4 Å². The average molecular weight is 401 g/mol. The Morgan fingerprint density at radius 1 is 1.07 bits per heavy atom. The first-order valence-electron chi connectivity index (χ1n) is 9.60. The van der Waals surface area contributed by atoms with Gasteiger partial charge in [0.2, 0.25) is 5.91 Å². The minimum absolute atomic E-state index is 0. The molecule has 2 aromatic rings. The largest absolute Gasteiger partial charge is 0.506 e. The molecule has 0 bridgehead atoms. The highest BCUT2D eigenvalue weighted by molar-refractivity contribution is 6.04. The molecular formula is C22H25ClN2O3. The SMILES string of the molecule is Cl.O=C1CCc2c3c(cc(O)c2N1)C(=O)C(CNCCc1ccccc1)CC3. The Hall–Kier alpha value is -2.37. The molecule has 4 rings (SSSR count). The van der Waals surface area contributed by atoms with E-state index in [1.54, 1.807) is 0 Å². The molecule has 3 N–H and O–H groups in total. The molecule has 1 amide bonds. The van der Waals surface area contributed by atoms with Gasteiger partial charge in [0.1, 0.15) is 5.75 Å². The summed E-state index contributed by atoms with van der Waals surface area (Å²) in [6.07, 6.45) is 3.54. The number of fused-ring (bicyclic) bond motifs is 3. The third-order valence-electron chi connectivity index (χ3n) is 5.60. The summed E-state index contributed by atoms with van der Waals surface area (Å²) in [6, 6.07) is 11.8. The van der Waals surface area contributed by atoms with E-state index in [9.17, 15) is 14.7 Å². The number of Topliss-reactive ketones (excluding diaryl/α,β-unsaturated/α-hetero) is 1. The summed E-state index contributed by atoms with van der Waals surface area (Å²) >= 11 is 0. The fraction of sp³-hybridized carbons (Fsp3) is 0.364. The highest BCUT2D eigenvalue weighted by Gasteiger charge is 2.32. The van der Waals surface area contributed by atoms with Gasteiger partial charge in [-0.05, 0) is 55.0 Å². The van der Waals surface area contributed by atoms with E-state index in [0.29, 0.717) is 30.6 Å². The molecular weight excluding hydrogens is 376 g/mol. The first-order valence-corrected chi connectivity index (χ1v) is 9.60. The van der Waals surface area contributed by atoms with Crippen LogP contribution in [0.1, 0.15) is 39.9 Å². The minimum Gasteiger partial charge on any atom is -0.506 e. The first kappa shape index (κ1) is 20.4. The zero-order chi connectivity index (χ0) is 18.8. The predicted molar refractivity (Wildman–Crippen MR) is 111 cm³/mol. The van der Waals surface area contributed by atoms with Crippen molar-refractivity contribution in [1.29, 1.82) is 0 Å². The molecule has 0 fully saturated rings. The molecule has 5 nitrogen and oxygen atoms in total. The van der Waals surface area contributed by atoms with Crippen LogP contribution in [0.3, 0.4) is 0 Å². The summed E-state index contributed by atoms with van der Waals surface area (Å²) in [6.45, 7) is 1.49. The standard InChI is InChI=1S/C22H24N2O3.ClH/c25-19-12-18-16(17-8-9-20(26)24-21(17)19)7-6-15(22(18)27)13-23-11-10-14-4-2-1-3-5-14;/h1-5,12,15,23,25H,6-11,13H2,(H,24,26);1H. The number of amides is 1. The van der Waals surface area contributed by atoms with Gasteiger partial charge in [0, 0.05) is 24.4 Å². The number of rotatable bonds is 5. The number of benzene rings is 2. The van der Waals surface area contributed by atoms with Crippen molar-refractivity contribution in [3.8, 4) is 5.75 Å². The Morgan fingerprint density at radius 2 is 1.86 bits per heavy atom. The number of anilines is 1. The van der Waals surface area contributed by atoms with Gasteiger partial charge in [-0.15, -0.1) is 12.4 Å². The highest BCUT2D eigenvalue weighted by Crippen LogP contribution is 2.40. The molecule has 1 aliphatic carbocycles. The summed E-state index contributed by atoms with van der Waals surface area (Å²) in [5, 5.41) is 16.4. The molecule has 1 atom stereocenters. The van der Waals surface area contributed by atoms with Crippen molar-refractivity contribution in [2.24, 2.45) is 5.92 Å². The van der Waals surface area contributed by atoms with Crippen LogP contribution < -0.4 is 10.6 Å². The monoisotopic (exact) mass is 400 g/mol. The number of carbonyl (C=O) groups is 2. The second kappa shape index (κ2) is 8.76. The van der Waals surface area contributed by atoms with Gasteiger partial charge in [-0.2, -0.15) is 0 Å². The maximum atomic E-state index is 12.9. The topological polar surface area (TPSA) is 78.4 Å². The number of phenolic OH excluding ortho intramolecular Hbond substituents is 1. The van der Waals surface area contributed by atoms with Crippen LogP contribution in [0.2, 0.25) is 0 Å². The Kier molecular flexibility index (Phi) is 6.37. The third-order valence-corrected chi connectivity index (χ3v) is 5.60. The van der Waals surface area contributed by atoms with Gasteiger partial charge in [0.15, 0.2) is 5.78 Å². The van der Waals surface area contributed by atoms with E-state index >= 15 is 0 Å². The molecule has 1 unspecified atom stereocenters. The van der Waals surface area contributed by atoms with E-state index in [0.717, 1.165) is 36.9 Å². The van der Waals surface area contributed by atoms with Gasteiger partial charge in [0.05, 0.1) is 5.69 Å². The fourth-order valence-corrected chi connectivity index (χ4v) is 4.14. The lowest BCUT2D eigenvalue weighted by Gasteiger charge is -2.29. The van der Waals surface area contributed by atoms with Crippen molar-refractivity contribution in [3.05, 3.63) is 58.7 Å². The second-order valence-electron chi connectivity index (χ2n) is 7.36. The molecule has 148 valence electrons. The quantitative estimate of drug-likeness (QED) is 0.531. The van der Waals surface area contributed by atoms with Crippen molar-refractivity contribution in [1.82, 2.24) is 5.32 Å². The molecule has 1 heterocycles. The molecule has 0 spiro atoms. The lowest BCUT2D eigenvalue weighted by molar-refractivity contribution is -0.116. The molecule has 0 radical (unpaired) electrons. The van der Waals surface area contributed by atoms with Crippen LogP contribution in [0.4, 0.5) is 5.69 Å². The van der Waals surface area contributed by atoms with Crippen molar-refractivity contribution in [2.45, 2.75) is 32.1 Å². The minimum atomic E-state index is -0.0830. The zero-order valence-electron chi connectivity index (χ0n) is 15.7. The fourth-order valence-electron chi connectivity index (χ4n) is 4.14. The number of aromatic hydroxyl groups is 1. The van der Waals surface area contributed by atoms with Gasteiger partial charge in [-0.25, -0.2) is 0 Å². The number of ketones is 1. The van der Waals surface area contributed by atoms with E-state index in [-0.39, 0.29) is 35.8 Å². The normalized spacial score (nSPS) is 17.9. The predicted octanol–water partition coefficient (Wildman–Crippen LogP) is 3.28.